The van der Waals surface area contributed by atoms with Gasteiger partial charge in [-0.2, -0.15) is 0 Å². The van der Waals surface area contributed by atoms with Crippen LogP contribution in [0.15, 0.2) is 23.1 Å². The van der Waals surface area contributed by atoms with E-state index in [0.29, 0.717) is 0 Å². The van der Waals surface area contributed by atoms with Gasteiger partial charge in [0.25, 0.3) is 0 Å². The second kappa shape index (κ2) is 4.71. The molecule has 0 aliphatic rings. The molecule has 1 aromatic carbocycles. The number of halogens is 1. The molecule has 0 aromatic heterocycles. The average molecular weight is 265 g/mol. The molecule has 0 amide bonds. The van der Waals surface area contributed by atoms with Crippen molar-refractivity contribution in [3.8, 4) is 5.75 Å². The minimum absolute atomic E-state index is 0.0948. The van der Waals surface area contributed by atoms with E-state index < -0.39 is 21.6 Å². The summed E-state index contributed by atoms with van der Waals surface area (Å²) < 4.78 is 23.1. The van der Waals surface area contributed by atoms with Crippen molar-refractivity contribution in [2.45, 2.75) is 4.90 Å². The summed E-state index contributed by atoms with van der Waals surface area (Å²) >= 11 is 5.32. The summed E-state index contributed by atoms with van der Waals surface area (Å²) in [6.07, 6.45) is 0. The quantitative estimate of drug-likeness (QED) is 0.795. The number of aromatic carboxylic acids is 1. The first-order chi connectivity index (χ1) is 7.38. The minimum atomic E-state index is -3.66. The van der Waals surface area contributed by atoms with Crippen molar-refractivity contribution >= 4 is 27.4 Å². The third kappa shape index (κ3) is 2.65. The lowest BCUT2D eigenvalue weighted by molar-refractivity contribution is 0.0696. The van der Waals surface area contributed by atoms with Gasteiger partial charge >= 0.3 is 5.97 Å². The molecule has 0 fully saturated rings. The van der Waals surface area contributed by atoms with Gasteiger partial charge in [-0.3, -0.25) is 0 Å². The van der Waals surface area contributed by atoms with Crippen LogP contribution >= 0.6 is 11.6 Å². The Morgan fingerprint density at radius 2 is 2.00 bits per heavy atom. The molecule has 88 valence electrons. The van der Waals surface area contributed by atoms with Gasteiger partial charge in [0.15, 0.2) is 9.84 Å². The number of hydrogen-bond acceptors (Lipinski definition) is 4. The van der Waals surface area contributed by atoms with Crippen LogP contribution < -0.4 is 0 Å². The molecule has 0 bridgehead atoms. The highest BCUT2D eigenvalue weighted by Crippen LogP contribution is 2.24. The zero-order valence-electron chi connectivity index (χ0n) is 8.05. The van der Waals surface area contributed by atoms with Crippen molar-refractivity contribution in [2.75, 3.05) is 11.6 Å². The third-order valence-electron chi connectivity index (χ3n) is 1.89. The van der Waals surface area contributed by atoms with Crippen molar-refractivity contribution in [2.24, 2.45) is 0 Å². The maximum absolute atomic E-state index is 11.5. The second-order valence-electron chi connectivity index (χ2n) is 3.00. The molecule has 0 heterocycles. The van der Waals surface area contributed by atoms with E-state index in [9.17, 15) is 18.3 Å². The normalized spacial score (nSPS) is 11.3. The molecule has 1 aromatic rings. The fourth-order valence-corrected chi connectivity index (χ4v) is 2.81. The van der Waals surface area contributed by atoms with Crippen molar-refractivity contribution < 1.29 is 23.4 Å². The number of rotatable bonds is 4. The Balaban J connectivity index is 3.23. The van der Waals surface area contributed by atoms with Crippen molar-refractivity contribution in [1.29, 1.82) is 0 Å². The fourth-order valence-electron chi connectivity index (χ4n) is 1.12. The van der Waals surface area contributed by atoms with Gasteiger partial charge in [0.2, 0.25) is 0 Å². The highest BCUT2D eigenvalue weighted by atomic mass is 35.5. The van der Waals surface area contributed by atoms with Crippen LogP contribution in [0.2, 0.25) is 0 Å². The number of carboxylic acid groups (broad SMARTS) is 1. The maximum Gasteiger partial charge on any atom is 0.335 e. The number of hydrogen-bond donors (Lipinski definition) is 2. The number of carbonyl (C=O) groups is 1. The zero-order chi connectivity index (χ0) is 12.3. The molecule has 16 heavy (non-hydrogen) atoms. The van der Waals surface area contributed by atoms with Gasteiger partial charge in [-0.15, -0.1) is 11.6 Å². The predicted molar refractivity (Wildman–Crippen MR) is 57.8 cm³/mol. The smallest absolute Gasteiger partial charge is 0.335 e. The molecule has 0 saturated heterocycles. The van der Waals surface area contributed by atoms with Crippen LogP contribution in [0.4, 0.5) is 0 Å². The van der Waals surface area contributed by atoms with Gasteiger partial charge in [-0.1, -0.05) is 0 Å². The molecule has 0 radical (unpaired) electrons. The van der Waals surface area contributed by atoms with E-state index in [1.807, 2.05) is 0 Å². The van der Waals surface area contributed by atoms with Crippen LogP contribution in [-0.2, 0) is 9.84 Å². The summed E-state index contributed by atoms with van der Waals surface area (Å²) in [5.74, 6) is -2.22. The van der Waals surface area contributed by atoms with E-state index in [4.69, 9.17) is 16.7 Å². The maximum atomic E-state index is 11.5. The molecule has 0 unspecified atom stereocenters. The largest absolute Gasteiger partial charge is 0.507 e. The van der Waals surface area contributed by atoms with Crippen LogP contribution in [0.1, 0.15) is 10.4 Å². The summed E-state index contributed by atoms with van der Waals surface area (Å²) in [6, 6.07) is 3.06. The molecule has 0 aliphatic carbocycles. The summed E-state index contributed by atoms with van der Waals surface area (Å²) in [4.78, 5) is 10.3. The number of phenols is 1. The van der Waals surface area contributed by atoms with Crippen molar-refractivity contribution in [3.63, 3.8) is 0 Å². The van der Waals surface area contributed by atoms with E-state index >= 15 is 0 Å². The number of carboxylic acids is 1. The van der Waals surface area contributed by atoms with Crippen LogP contribution in [0, 0.1) is 0 Å². The van der Waals surface area contributed by atoms with Gasteiger partial charge in [-0.25, -0.2) is 13.2 Å². The first kappa shape index (κ1) is 12.8. The molecule has 2 N–H and O–H groups in total. The van der Waals surface area contributed by atoms with Crippen LogP contribution in [-0.4, -0.2) is 36.2 Å². The van der Waals surface area contributed by atoms with Gasteiger partial charge in [-0.05, 0) is 18.2 Å². The topological polar surface area (TPSA) is 91.7 Å². The Labute approximate surface area is 97.2 Å². The Hall–Kier alpha value is -1.27. The molecule has 1 rings (SSSR count). The molecule has 7 heteroatoms. The molecule has 0 spiro atoms. The standard InChI is InChI=1S/C9H9ClO5S/c10-3-4-16(14,15)8-2-1-6(9(12)13)5-7(8)11/h1-2,5,11H,3-4H2,(H,12,13). The van der Waals surface area contributed by atoms with E-state index in [1.54, 1.807) is 0 Å². The summed E-state index contributed by atoms with van der Waals surface area (Å²) in [6.45, 7) is 0. The number of alkyl halides is 1. The number of phenolic OH excluding ortho intramolecular Hbond substituents is 1. The zero-order valence-corrected chi connectivity index (χ0v) is 9.62. The lowest BCUT2D eigenvalue weighted by atomic mass is 10.2. The van der Waals surface area contributed by atoms with Gasteiger partial charge in [0.05, 0.1) is 11.3 Å². The van der Waals surface area contributed by atoms with Crippen molar-refractivity contribution in [1.82, 2.24) is 0 Å². The Bertz CT molecular complexity index is 509. The van der Waals surface area contributed by atoms with E-state index in [0.717, 1.165) is 18.2 Å². The Morgan fingerprint density at radius 3 is 2.44 bits per heavy atom. The first-order valence-electron chi connectivity index (χ1n) is 4.23. The van der Waals surface area contributed by atoms with Crippen LogP contribution in [0.5, 0.6) is 5.75 Å². The lowest BCUT2D eigenvalue weighted by Gasteiger charge is -2.05. The summed E-state index contributed by atoms with van der Waals surface area (Å²) in [7, 11) is -3.66. The van der Waals surface area contributed by atoms with Crippen molar-refractivity contribution in [3.05, 3.63) is 23.8 Å². The number of sulfone groups is 1. The van der Waals surface area contributed by atoms with Crippen LogP contribution in [0.25, 0.3) is 0 Å². The molecule has 0 saturated carbocycles. The third-order valence-corrected chi connectivity index (χ3v) is 4.06. The van der Waals surface area contributed by atoms with E-state index in [-0.39, 0.29) is 22.1 Å². The van der Waals surface area contributed by atoms with Crippen LogP contribution in [0.3, 0.4) is 0 Å². The first-order valence-corrected chi connectivity index (χ1v) is 6.42. The molecular formula is C9H9ClO5S. The molecule has 0 atom stereocenters. The number of benzene rings is 1. The second-order valence-corrected chi connectivity index (χ2v) is 5.45. The highest BCUT2D eigenvalue weighted by Gasteiger charge is 2.19. The van der Waals surface area contributed by atoms with Gasteiger partial charge in [0, 0.05) is 5.88 Å². The summed E-state index contributed by atoms with van der Waals surface area (Å²) in [5, 5.41) is 18.0. The van der Waals surface area contributed by atoms with Gasteiger partial charge in [0.1, 0.15) is 10.6 Å². The Kier molecular flexibility index (Phi) is 3.77. The molecule has 0 aliphatic heterocycles. The minimum Gasteiger partial charge on any atom is -0.507 e. The molecule has 5 nitrogen and oxygen atoms in total. The lowest BCUT2D eigenvalue weighted by Crippen LogP contribution is -2.08. The fraction of sp³-hybridized carbons (Fsp3) is 0.222. The van der Waals surface area contributed by atoms with Gasteiger partial charge < -0.3 is 10.2 Å². The number of aromatic hydroxyl groups is 1. The predicted octanol–water partition coefficient (Wildman–Crippen LogP) is 1.10. The Morgan fingerprint density at radius 1 is 1.38 bits per heavy atom. The monoisotopic (exact) mass is 264 g/mol. The average Bonchev–Trinajstić information content (AvgIpc) is 2.16. The van der Waals surface area contributed by atoms with E-state index in [1.165, 1.54) is 0 Å². The van der Waals surface area contributed by atoms with E-state index in [2.05, 4.69) is 0 Å². The SMILES string of the molecule is O=C(O)c1ccc(S(=O)(=O)CCCl)c(O)c1. The summed E-state index contributed by atoms with van der Waals surface area (Å²) in [5.41, 5.74) is -0.178. The molecular weight excluding hydrogens is 256 g/mol. The highest BCUT2D eigenvalue weighted by molar-refractivity contribution is 7.91.